The van der Waals surface area contributed by atoms with Crippen LogP contribution in [0.3, 0.4) is 0 Å². The summed E-state index contributed by atoms with van der Waals surface area (Å²) in [6.45, 7) is 6.33. The molecule has 0 N–H and O–H groups in total. The Balaban J connectivity index is 2.01. The van der Waals surface area contributed by atoms with Gasteiger partial charge in [-0.05, 0) is 30.3 Å². The topological polar surface area (TPSA) is 65.0 Å². The minimum atomic E-state index is -0.432. The smallest absolute Gasteiger partial charge is 0.337 e. The normalized spacial score (nSPS) is 11.3. The molecule has 0 atom stereocenters. The van der Waals surface area contributed by atoms with Gasteiger partial charge in [0.05, 0.1) is 23.4 Å². The molecule has 6 heteroatoms. The van der Waals surface area contributed by atoms with Crippen molar-refractivity contribution >= 4 is 17.6 Å². The Hall–Kier alpha value is -2.79. The van der Waals surface area contributed by atoms with Gasteiger partial charge in [-0.1, -0.05) is 38.4 Å². The Bertz CT molecular complexity index is 997. The highest BCUT2D eigenvalue weighted by molar-refractivity contribution is 6.33. The SMILES string of the molecule is COC(=O)c1ccc(-c2ccnc(-c3ccnc(C(C)(C)C)c3)n2)c(Cl)c1. The van der Waals surface area contributed by atoms with Crippen molar-refractivity contribution in [3.8, 4) is 22.6 Å². The standard InChI is InChI=1S/C21H20ClN3O2/c1-21(2,3)18-12-13(7-9-23-18)19-24-10-8-17(25-19)15-6-5-14(11-16(15)22)20(26)27-4/h5-12H,1-4H3. The molecule has 0 fully saturated rings. The number of halogens is 1. The van der Waals surface area contributed by atoms with Gasteiger partial charge in [0.25, 0.3) is 0 Å². The van der Waals surface area contributed by atoms with Crippen molar-refractivity contribution in [3.05, 3.63) is 65.1 Å². The van der Waals surface area contributed by atoms with Crippen LogP contribution in [-0.2, 0) is 10.2 Å². The Kier molecular flexibility index (Phi) is 5.24. The van der Waals surface area contributed by atoms with E-state index in [4.69, 9.17) is 16.3 Å². The zero-order chi connectivity index (χ0) is 19.6. The first kappa shape index (κ1) is 19.0. The number of nitrogens with zero attached hydrogens (tertiary/aromatic N) is 3. The molecule has 1 aromatic carbocycles. The van der Waals surface area contributed by atoms with Crippen molar-refractivity contribution in [2.45, 2.75) is 26.2 Å². The Morgan fingerprint density at radius 2 is 1.78 bits per heavy atom. The summed E-state index contributed by atoms with van der Waals surface area (Å²) in [6.07, 6.45) is 3.46. The van der Waals surface area contributed by atoms with Gasteiger partial charge in [-0.25, -0.2) is 14.8 Å². The maximum absolute atomic E-state index is 11.7. The van der Waals surface area contributed by atoms with E-state index in [1.54, 1.807) is 36.7 Å². The molecule has 3 aromatic rings. The van der Waals surface area contributed by atoms with E-state index in [-0.39, 0.29) is 5.41 Å². The minimum absolute atomic E-state index is 0.0688. The number of aromatic nitrogens is 3. The van der Waals surface area contributed by atoms with Crippen LogP contribution in [0.25, 0.3) is 22.6 Å². The maximum Gasteiger partial charge on any atom is 0.337 e. The average Bonchev–Trinajstić information content (AvgIpc) is 2.67. The molecule has 2 heterocycles. The molecule has 0 spiro atoms. The van der Waals surface area contributed by atoms with E-state index in [1.165, 1.54) is 7.11 Å². The molecule has 5 nitrogen and oxygen atoms in total. The van der Waals surface area contributed by atoms with Crippen molar-refractivity contribution in [2.75, 3.05) is 7.11 Å². The summed E-state index contributed by atoms with van der Waals surface area (Å²) >= 11 is 6.37. The van der Waals surface area contributed by atoms with Crippen molar-refractivity contribution in [3.63, 3.8) is 0 Å². The monoisotopic (exact) mass is 381 g/mol. The number of carbonyl (C=O) groups is 1. The van der Waals surface area contributed by atoms with Gasteiger partial charge < -0.3 is 4.74 Å². The van der Waals surface area contributed by atoms with E-state index < -0.39 is 5.97 Å². The lowest BCUT2D eigenvalue weighted by molar-refractivity contribution is 0.0600. The van der Waals surface area contributed by atoms with E-state index in [0.29, 0.717) is 22.1 Å². The van der Waals surface area contributed by atoms with Gasteiger partial charge >= 0.3 is 5.97 Å². The van der Waals surface area contributed by atoms with Crippen LogP contribution in [0.5, 0.6) is 0 Å². The Morgan fingerprint density at radius 1 is 1.04 bits per heavy atom. The van der Waals surface area contributed by atoms with Crippen molar-refractivity contribution in [1.29, 1.82) is 0 Å². The number of hydrogen-bond acceptors (Lipinski definition) is 5. The number of ether oxygens (including phenoxy) is 1. The average molecular weight is 382 g/mol. The number of hydrogen-bond donors (Lipinski definition) is 0. The summed E-state index contributed by atoms with van der Waals surface area (Å²) in [7, 11) is 1.33. The third-order valence-corrected chi connectivity index (χ3v) is 4.42. The van der Waals surface area contributed by atoms with Gasteiger partial charge in [-0.3, -0.25) is 4.98 Å². The second-order valence-electron chi connectivity index (χ2n) is 7.13. The fourth-order valence-electron chi connectivity index (χ4n) is 2.60. The highest BCUT2D eigenvalue weighted by Crippen LogP contribution is 2.29. The molecule has 2 aromatic heterocycles. The van der Waals surface area contributed by atoms with Crippen LogP contribution < -0.4 is 0 Å². The third kappa shape index (κ3) is 4.14. The molecule has 0 saturated carbocycles. The summed E-state index contributed by atoms with van der Waals surface area (Å²) in [5, 5.41) is 0.424. The fourth-order valence-corrected chi connectivity index (χ4v) is 2.87. The number of esters is 1. The lowest BCUT2D eigenvalue weighted by Crippen LogP contribution is -2.13. The van der Waals surface area contributed by atoms with Gasteiger partial charge in [0, 0.05) is 34.6 Å². The second-order valence-corrected chi connectivity index (χ2v) is 7.54. The molecule has 0 amide bonds. The first-order valence-corrected chi connectivity index (χ1v) is 8.85. The Morgan fingerprint density at radius 3 is 2.44 bits per heavy atom. The predicted octanol–water partition coefficient (Wildman–Crippen LogP) is 4.94. The quantitative estimate of drug-likeness (QED) is 0.601. The fraction of sp³-hybridized carbons (Fsp3) is 0.238. The highest BCUT2D eigenvalue weighted by atomic mass is 35.5. The molecule has 3 rings (SSSR count). The molecule has 0 saturated heterocycles. The summed E-state index contributed by atoms with van der Waals surface area (Å²) in [5.74, 6) is 0.159. The van der Waals surface area contributed by atoms with Crippen molar-refractivity contribution < 1.29 is 9.53 Å². The van der Waals surface area contributed by atoms with Gasteiger partial charge in [-0.15, -0.1) is 0 Å². The number of carbonyl (C=O) groups excluding carboxylic acids is 1. The van der Waals surface area contributed by atoms with E-state index in [0.717, 1.165) is 16.8 Å². The summed E-state index contributed by atoms with van der Waals surface area (Å²) in [6, 6.07) is 10.7. The maximum atomic E-state index is 11.7. The summed E-state index contributed by atoms with van der Waals surface area (Å²) < 4.78 is 4.72. The van der Waals surface area contributed by atoms with Crippen LogP contribution >= 0.6 is 11.6 Å². The van der Waals surface area contributed by atoms with Gasteiger partial charge in [0.2, 0.25) is 0 Å². The number of benzene rings is 1. The molecule has 0 aliphatic heterocycles. The minimum Gasteiger partial charge on any atom is -0.465 e. The van der Waals surface area contributed by atoms with Crippen LogP contribution in [0.1, 0.15) is 36.8 Å². The van der Waals surface area contributed by atoms with Gasteiger partial charge in [0.1, 0.15) is 0 Å². The molecule has 0 aliphatic rings. The van der Waals surface area contributed by atoms with E-state index in [2.05, 4.69) is 35.7 Å². The van der Waals surface area contributed by atoms with Crippen LogP contribution in [0.15, 0.2) is 48.8 Å². The molecule has 27 heavy (non-hydrogen) atoms. The van der Waals surface area contributed by atoms with E-state index in [1.807, 2.05) is 12.1 Å². The van der Waals surface area contributed by atoms with Crippen molar-refractivity contribution in [1.82, 2.24) is 15.0 Å². The lowest BCUT2D eigenvalue weighted by Gasteiger charge is -2.18. The largest absolute Gasteiger partial charge is 0.465 e. The van der Waals surface area contributed by atoms with Crippen LogP contribution in [0.2, 0.25) is 5.02 Å². The van der Waals surface area contributed by atoms with Crippen molar-refractivity contribution in [2.24, 2.45) is 0 Å². The van der Waals surface area contributed by atoms with Gasteiger partial charge in [0.15, 0.2) is 5.82 Å². The molecule has 0 aliphatic carbocycles. The van der Waals surface area contributed by atoms with E-state index >= 15 is 0 Å². The Labute approximate surface area is 163 Å². The van der Waals surface area contributed by atoms with Crippen LogP contribution in [0, 0.1) is 0 Å². The van der Waals surface area contributed by atoms with Crippen LogP contribution in [-0.4, -0.2) is 28.0 Å². The number of rotatable bonds is 3. The number of methoxy groups -OCH3 is 1. The lowest BCUT2D eigenvalue weighted by atomic mass is 9.91. The van der Waals surface area contributed by atoms with E-state index in [9.17, 15) is 4.79 Å². The number of pyridine rings is 1. The zero-order valence-electron chi connectivity index (χ0n) is 15.7. The molecule has 0 unspecified atom stereocenters. The highest BCUT2D eigenvalue weighted by Gasteiger charge is 2.17. The summed E-state index contributed by atoms with van der Waals surface area (Å²) in [5.41, 5.74) is 3.58. The zero-order valence-corrected chi connectivity index (χ0v) is 16.4. The summed E-state index contributed by atoms with van der Waals surface area (Å²) in [4.78, 5) is 25.1. The molecular weight excluding hydrogens is 362 g/mol. The first-order valence-electron chi connectivity index (χ1n) is 8.48. The molecule has 138 valence electrons. The van der Waals surface area contributed by atoms with Gasteiger partial charge in [-0.2, -0.15) is 0 Å². The predicted molar refractivity (Wildman–Crippen MR) is 106 cm³/mol. The second kappa shape index (κ2) is 7.45. The molecule has 0 bridgehead atoms. The third-order valence-electron chi connectivity index (χ3n) is 4.11. The molecule has 0 radical (unpaired) electrons. The molecular formula is C21H20ClN3O2. The first-order chi connectivity index (χ1) is 12.8. The van der Waals surface area contributed by atoms with Crippen LogP contribution in [0.4, 0.5) is 0 Å².